The van der Waals surface area contributed by atoms with Crippen LogP contribution in [0.2, 0.25) is 0 Å². The summed E-state index contributed by atoms with van der Waals surface area (Å²) in [6, 6.07) is 13.3. The molecule has 0 spiro atoms. The monoisotopic (exact) mass is 324 g/mol. The van der Waals surface area contributed by atoms with Gasteiger partial charge in [0, 0.05) is 16.0 Å². The molecule has 2 rings (SSSR count). The number of rotatable bonds is 4. The molecule has 0 aliphatic heterocycles. The third-order valence-corrected chi connectivity index (χ3v) is 4.56. The number of thioether (sulfide) groups is 1. The average molecular weight is 325 g/mol. The molecule has 0 fully saturated rings. The lowest BCUT2D eigenvalue weighted by atomic mass is 10.1. The van der Waals surface area contributed by atoms with Gasteiger partial charge in [0.25, 0.3) is 0 Å². The fourth-order valence-electron chi connectivity index (χ4n) is 1.68. The van der Waals surface area contributed by atoms with Crippen molar-refractivity contribution in [2.75, 3.05) is 0 Å². The summed E-state index contributed by atoms with van der Waals surface area (Å²) in [7, 11) is 0. The zero-order valence-corrected chi connectivity index (χ0v) is 12.5. The number of hydrogen-bond donors (Lipinski definition) is 0. The molecule has 2 aromatic rings. The van der Waals surface area contributed by atoms with Gasteiger partial charge in [-0.25, -0.2) is 4.39 Å². The molecule has 3 heteroatoms. The van der Waals surface area contributed by atoms with Crippen molar-refractivity contribution < 1.29 is 4.39 Å². The van der Waals surface area contributed by atoms with Crippen molar-refractivity contribution in [2.45, 2.75) is 18.4 Å². The Morgan fingerprint density at radius 2 is 1.78 bits per heavy atom. The first-order valence-electron chi connectivity index (χ1n) is 5.73. The fraction of sp³-hybridized carbons (Fsp3) is 0.200. The van der Waals surface area contributed by atoms with E-state index in [1.807, 2.05) is 17.8 Å². The van der Waals surface area contributed by atoms with Gasteiger partial charge in [0.15, 0.2) is 0 Å². The van der Waals surface area contributed by atoms with Gasteiger partial charge in [0.05, 0.1) is 0 Å². The predicted octanol–water partition coefficient (Wildman–Crippen LogP) is 5.33. The zero-order chi connectivity index (χ0) is 13.0. The van der Waals surface area contributed by atoms with E-state index >= 15 is 0 Å². The lowest BCUT2D eigenvalue weighted by Crippen LogP contribution is -1.88. The zero-order valence-electron chi connectivity index (χ0n) is 10.1. The maximum atomic E-state index is 13.0. The van der Waals surface area contributed by atoms with E-state index in [-0.39, 0.29) is 5.82 Å². The number of aryl methyl sites for hydroxylation is 1. The highest BCUT2D eigenvalue weighted by molar-refractivity contribution is 9.10. The van der Waals surface area contributed by atoms with Gasteiger partial charge in [-0.2, -0.15) is 11.8 Å². The maximum Gasteiger partial charge on any atom is 0.124 e. The van der Waals surface area contributed by atoms with Gasteiger partial charge in [0.1, 0.15) is 5.82 Å². The van der Waals surface area contributed by atoms with Gasteiger partial charge in [-0.3, -0.25) is 0 Å². The Hall–Kier alpha value is -0.800. The molecule has 0 aliphatic rings. The Balaban J connectivity index is 1.95. The molecule has 94 valence electrons. The molecular formula is C15H14BrFS. The van der Waals surface area contributed by atoms with Crippen molar-refractivity contribution in [3.8, 4) is 0 Å². The van der Waals surface area contributed by atoms with E-state index in [4.69, 9.17) is 0 Å². The summed E-state index contributed by atoms with van der Waals surface area (Å²) in [6.45, 7) is 2.13. The molecular weight excluding hydrogens is 311 g/mol. The first-order valence-corrected chi connectivity index (χ1v) is 7.68. The van der Waals surface area contributed by atoms with Gasteiger partial charge >= 0.3 is 0 Å². The highest BCUT2D eigenvalue weighted by Crippen LogP contribution is 2.25. The number of benzene rings is 2. The summed E-state index contributed by atoms with van der Waals surface area (Å²) in [5, 5.41) is 0. The Labute approximate surface area is 120 Å². The Morgan fingerprint density at radius 1 is 1.06 bits per heavy atom. The quantitative estimate of drug-likeness (QED) is 0.732. The van der Waals surface area contributed by atoms with Gasteiger partial charge in [-0.1, -0.05) is 46.3 Å². The molecule has 0 saturated carbocycles. The minimum absolute atomic E-state index is 0.200. The molecule has 0 aromatic heterocycles. The van der Waals surface area contributed by atoms with Gasteiger partial charge in [0.2, 0.25) is 0 Å². The second kappa shape index (κ2) is 6.39. The van der Waals surface area contributed by atoms with Crippen LogP contribution in [0, 0.1) is 12.7 Å². The van der Waals surface area contributed by atoms with Gasteiger partial charge in [-0.15, -0.1) is 0 Å². The van der Waals surface area contributed by atoms with E-state index < -0.39 is 0 Å². The molecule has 0 aliphatic carbocycles. The minimum Gasteiger partial charge on any atom is -0.207 e. The molecule has 0 amide bonds. The van der Waals surface area contributed by atoms with Crippen LogP contribution >= 0.6 is 27.7 Å². The smallest absolute Gasteiger partial charge is 0.124 e. The van der Waals surface area contributed by atoms with Crippen molar-refractivity contribution in [1.82, 2.24) is 0 Å². The molecule has 0 bridgehead atoms. The van der Waals surface area contributed by atoms with Crippen molar-refractivity contribution in [3.63, 3.8) is 0 Å². The molecule has 0 radical (unpaired) electrons. The Kier molecular flexibility index (Phi) is 4.84. The second-order valence-corrected chi connectivity index (χ2v) is 5.99. The first kappa shape index (κ1) is 13.6. The van der Waals surface area contributed by atoms with E-state index in [1.165, 1.54) is 23.3 Å². The van der Waals surface area contributed by atoms with Crippen LogP contribution in [0.25, 0.3) is 0 Å². The highest BCUT2D eigenvalue weighted by atomic mass is 79.9. The van der Waals surface area contributed by atoms with Crippen LogP contribution < -0.4 is 0 Å². The molecule has 0 atom stereocenters. The van der Waals surface area contributed by atoms with E-state index in [2.05, 4.69) is 47.1 Å². The van der Waals surface area contributed by atoms with Crippen molar-refractivity contribution in [1.29, 1.82) is 0 Å². The van der Waals surface area contributed by atoms with E-state index in [9.17, 15) is 4.39 Å². The maximum absolute atomic E-state index is 13.0. The molecule has 2 aromatic carbocycles. The van der Waals surface area contributed by atoms with Crippen LogP contribution in [-0.2, 0) is 11.5 Å². The summed E-state index contributed by atoms with van der Waals surface area (Å²) in [4.78, 5) is 0. The molecule has 0 heterocycles. The second-order valence-electron chi connectivity index (χ2n) is 4.16. The average Bonchev–Trinajstić information content (AvgIpc) is 2.34. The minimum atomic E-state index is -0.200. The first-order chi connectivity index (χ1) is 8.66. The lowest BCUT2D eigenvalue weighted by Gasteiger charge is -2.07. The fourth-order valence-corrected chi connectivity index (χ4v) is 3.48. The Bertz CT molecular complexity index is 540. The molecule has 0 N–H and O–H groups in total. The van der Waals surface area contributed by atoms with Crippen LogP contribution in [0.15, 0.2) is 46.9 Å². The van der Waals surface area contributed by atoms with Crippen LogP contribution in [0.5, 0.6) is 0 Å². The molecule has 0 nitrogen and oxygen atoms in total. The predicted molar refractivity (Wildman–Crippen MR) is 80.3 cm³/mol. The van der Waals surface area contributed by atoms with Crippen LogP contribution in [0.3, 0.4) is 0 Å². The van der Waals surface area contributed by atoms with E-state index in [1.54, 1.807) is 0 Å². The van der Waals surface area contributed by atoms with Crippen molar-refractivity contribution >= 4 is 27.7 Å². The van der Waals surface area contributed by atoms with Crippen LogP contribution in [0.1, 0.15) is 16.7 Å². The summed E-state index contributed by atoms with van der Waals surface area (Å²) in [5.74, 6) is 1.67. The van der Waals surface area contributed by atoms with Crippen molar-refractivity contribution in [3.05, 3.63) is 69.4 Å². The summed E-state index contributed by atoms with van der Waals surface area (Å²) in [6.07, 6.45) is 0. The third kappa shape index (κ3) is 3.59. The third-order valence-electron chi connectivity index (χ3n) is 2.79. The molecule has 0 saturated heterocycles. The largest absolute Gasteiger partial charge is 0.207 e. The molecule has 18 heavy (non-hydrogen) atoms. The van der Waals surface area contributed by atoms with E-state index in [0.29, 0.717) is 0 Å². The summed E-state index contributed by atoms with van der Waals surface area (Å²) < 4.78 is 13.8. The van der Waals surface area contributed by atoms with Gasteiger partial charge < -0.3 is 0 Å². The number of halogens is 2. The Morgan fingerprint density at radius 3 is 2.50 bits per heavy atom. The van der Waals surface area contributed by atoms with Crippen LogP contribution in [0.4, 0.5) is 4.39 Å². The standard InChI is InChI=1S/C15H14BrFS/c1-11-4-2-3-5-12(11)9-18-10-13-6-7-14(17)8-15(13)16/h2-8H,9-10H2,1H3. The van der Waals surface area contributed by atoms with E-state index in [0.717, 1.165) is 21.5 Å². The SMILES string of the molecule is Cc1ccccc1CSCc1ccc(F)cc1Br. The highest BCUT2D eigenvalue weighted by Gasteiger charge is 2.03. The van der Waals surface area contributed by atoms with Crippen LogP contribution in [-0.4, -0.2) is 0 Å². The van der Waals surface area contributed by atoms with Crippen molar-refractivity contribution in [2.24, 2.45) is 0 Å². The lowest BCUT2D eigenvalue weighted by molar-refractivity contribution is 0.626. The normalized spacial score (nSPS) is 10.6. The summed E-state index contributed by atoms with van der Waals surface area (Å²) >= 11 is 5.24. The summed E-state index contributed by atoms with van der Waals surface area (Å²) in [5.41, 5.74) is 3.82. The van der Waals surface area contributed by atoms with Gasteiger partial charge in [-0.05, 0) is 35.7 Å². The molecule has 0 unspecified atom stereocenters. The topological polar surface area (TPSA) is 0 Å². The number of hydrogen-bond acceptors (Lipinski definition) is 1.